The molecule has 0 spiro atoms. The number of benzene rings is 1. The van der Waals surface area contributed by atoms with Crippen LogP contribution in [0.15, 0.2) is 18.2 Å². The van der Waals surface area contributed by atoms with E-state index >= 15 is 0 Å². The fraction of sp³-hybridized carbons (Fsp3) is 0.571. The van der Waals surface area contributed by atoms with Crippen LogP contribution in [0.25, 0.3) is 0 Å². The Morgan fingerprint density at radius 3 is 3.00 bits per heavy atom. The Hall–Kier alpha value is -0.800. The Morgan fingerprint density at radius 2 is 2.39 bits per heavy atom. The van der Waals surface area contributed by atoms with Crippen LogP contribution in [-0.2, 0) is 4.74 Å². The molecule has 1 heterocycles. The summed E-state index contributed by atoms with van der Waals surface area (Å²) < 4.78 is 24.0. The summed E-state index contributed by atoms with van der Waals surface area (Å²) in [5, 5.41) is -0.172. The van der Waals surface area contributed by atoms with E-state index in [2.05, 4.69) is 0 Å². The maximum Gasteiger partial charge on any atom is 0.165 e. The first kappa shape index (κ1) is 13.6. The molecular formula is C14H18ClFO2. The molecule has 0 saturated carbocycles. The maximum absolute atomic E-state index is 13.5. The summed E-state index contributed by atoms with van der Waals surface area (Å²) in [6.07, 6.45) is 4.31. The first-order valence-corrected chi connectivity index (χ1v) is 6.73. The van der Waals surface area contributed by atoms with E-state index < -0.39 is 0 Å². The highest BCUT2D eigenvalue weighted by Gasteiger charge is 2.18. The Balaban J connectivity index is 1.91. The molecule has 0 aliphatic carbocycles. The van der Waals surface area contributed by atoms with Crippen molar-refractivity contribution in [3.05, 3.63) is 29.6 Å². The molecule has 18 heavy (non-hydrogen) atoms. The summed E-state index contributed by atoms with van der Waals surface area (Å²) in [6.45, 7) is 0.856. The van der Waals surface area contributed by atoms with Crippen molar-refractivity contribution in [3.8, 4) is 5.75 Å². The average Bonchev–Trinajstić information content (AvgIpc) is 2.89. The molecule has 1 aromatic carbocycles. The van der Waals surface area contributed by atoms with Crippen LogP contribution in [0.3, 0.4) is 0 Å². The van der Waals surface area contributed by atoms with Gasteiger partial charge in [0.2, 0.25) is 0 Å². The van der Waals surface area contributed by atoms with Crippen molar-refractivity contribution in [1.29, 1.82) is 0 Å². The third-order valence-electron chi connectivity index (χ3n) is 3.30. The second-order valence-electron chi connectivity index (χ2n) is 4.57. The molecule has 1 saturated heterocycles. The molecule has 4 heteroatoms. The van der Waals surface area contributed by atoms with Crippen molar-refractivity contribution in [3.63, 3.8) is 0 Å². The minimum Gasteiger partial charge on any atom is -0.494 e. The van der Waals surface area contributed by atoms with Crippen LogP contribution in [0.5, 0.6) is 5.75 Å². The second-order valence-corrected chi connectivity index (χ2v) is 5.10. The monoisotopic (exact) mass is 272 g/mol. The predicted molar refractivity (Wildman–Crippen MR) is 69.8 cm³/mol. The van der Waals surface area contributed by atoms with Crippen molar-refractivity contribution >= 4 is 11.6 Å². The molecule has 1 aromatic rings. The number of rotatable bonds is 5. The fourth-order valence-electron chi connectivity index (χ4n) is 2.25. The van der Waals surface area contributed by atoms with Gasteiger partial charge in [0.05, 0.1) is 18.6 Å². The highest BCUT2D eigenvalue weighted by molar-refractivity contribution is 6.20. The summed E-state index contributed by atoms with van der Waals surface area (Å²) in [5.74, 6) is -0.112. The molecule has 1 aliphatic heterocycles. The van der Waals surface area contributed by atoms with Crippen LogP contribution >= 0.6 is 11.6 Å². The Kier molecular flexibility index (Phi) is 4.84. The largest absolute Gasteiger partial charge is 0.494 e. The molecule has 0 aromatic heterocycles. The average molecular weight is 273 g/mol. The van der Waals surface area contributed by atoms with Gasteiger partial charge in [-0.05, 0) is 43.4 Å². The van der Waals surface area contributed by atoms with E-state index in [1.807, 2.05) is 6.07 Å². The number of halogens is 2. The van der Waals surface area contributed by atoms with Gasteiger partial charge in [-0.25, -0.2) is 4.39 Å². The lowest BCUT2D eigenvalue weighted by Crippen LogP contribution is -2.06. The van der Waals surface area contributed by atoms with Gasteiger partial charge in [0, 0.05) is 6.61 Å². The minimum atomic E-state index is -0.363. The normalized spacial score (nSPS) is 20.9. The highest BCUT2D eigenvalue weighted by Crippen LogP contribution is 2.31. The summed E-state index contributed by atoms with van der Waals surface area (Å²) >= 11 is 6.29. The van der Waals surface area contributed by atoms with Crippen molar-refractivity contribution in [1.82, 2.24) is 0 Å². The molecular weight excluding hydrogens is 255 g/mol. The molecule has 1 aliphatic rings. The number of methoxy groups -OCH3 is 1. The molecule has 0 bridgehead atoms. The van der Waals surface area contributed by atoms with Crippen LogP contribution in [0.1, 0.15) is 36.6 Å². The zero-order chi connectivity index (χ0) is 13.0. The summed E-state index contributed by atoms with van der Waals surface area (Å²) in [5.41, 5.74) is 0.799. The van der Waals surface area contributed by atoms with E-state index in [0.717, 1.165) is 37.9 Å². The molecule has 0 N–H and O–H groups in total. The number of alkyl halides is 1. The van der Waals surface area contributed by atoms with Gasteiger partial charge < -0.3 is 9.47 Å². The minimum absolute atomic E-state index is 0.172. The van der Waals surface area contributed by atoms with Crippen LogP contribution in [0.4, 0.5) is 4.39 Å². The van der Waals surface area contributed by atoms with Crippen LogP contribution < -0.4 is 4.74 Å². The van der Waals surface area contributed by atoms with Gasteiger partial charge in [-0.1, -0.05) is 6.07 Å². The van der Waals surface area contributed by atoms with Crippen molar-refractivity contribution in [2.75, 3.05) is 13.7 Å². The van der Waals surface area contributed by atoms with Crippen LogP contribution in [-0.4, -0.2) is 19.8 Å². The molecule has 1 fully saturated rings. The topological polar surface area (TPSA) is 18.5 Å². The Morgan fingerprint density at radius 1 is 1.56 bits per heavy atom. The van der Waals surface area contributed by atoms with Crippen molar-refractivity contribution in [2.24, 2.45) is 0 Å². The fourth-order valence-corrected chi connectivity index (χ4v) is 2.51. The first-order chi connectivity index (χ1) is 8.70. The molecule has 2 nitrogen and oxygen atoms in total. The first-order valence-electron chi connectivity index (χ1n) is 6.30. The van der Waals surface area contributed by atoms with Gasteiger partial charge in [-0.3, -0.25) is 0 Å². The molecule has 100 valence electrons. The van der Waals surface area contributed by atoms with E-state index in [9.17, 15) is 4.39 Å². The van der Waals surface area contributed by atoms with Gasteiger partial charge in [0.1, 0.15) is 0 Å². The van der Waals surface area contributed by atoms with Gasteiger partial charge in [0.25, 0.3) is 0 Å². The third-order valence-corrected chi connectivity index (χ3v) is 3.77. The van der Waals surface area contributed by atoms with Gasteiger partial charge >= 0.3 is 0 Å². The molecule has 2 unspecified atom stereocenters. The lowest BCUT2D eigenvalue weighted by molar-refractivity contribution is 0.102. The van der Waals surface area contributed by atoms with Crippen LogP contribution in [0.2, 0.25) is 0 Å². The third kappa shape index (κ3) is 3.36. The SMILES string of the molecule is COc1ccc(C(Cl)CCC2CCCO2)cc1F. The van der Waals surface area contributed by atoms with E-state index in [1.54, 1.807) is 6.07 Å². The van der Waals surface area contributed by atoms with Crippen LogP contribution in [0, 0.1) is 5.82 Å². The zero-order valence-corrected chi connectivity index (χ0v) is 11.3. The zero-order valence-electron chi connectivity index (χ0n) is 10.5. The second kappa shape index (κ2) is 6.39. The molecule has 0 radical (unpaired) electrons. The maximum atomic E-state index is 13.5. The number of hydrogen-bond donors (Lipinski definition) is 0. The standard InChI is InChI=1S/C14H18ClFO2/c1-17-14-7-4-10(9-13(14)16)12(15)6-5-11-3-2-8-18-11/h4,7,9,11-12H,2-3,5-6,8H2,1H3. The summed E-state index contributed by atoms with van der Waals surface area (Å²) in [4.78, 5) is 0. The van der Waals surface area contributed by atoms with Crippen molar-refractivity contribution < 1.29 is 13.9 Å². The molecule has 2 atom stereocenters. The molecule has 0 amide bonds. The highest BCUT2D eigenvalue weighted by atomic mass is 35.5. The Bertz CT molecular complexity index is 391. The van der Waals surface area contributed by atoms with Gasteiger partial charge in [-0.15, -0.1) is 11.6 Å². The van der Waals surface area contributed by atoms with Gasteiger partial charge in [0.15, 0.2) is 11.6 Å². The van der Waals surface area contributed by atoms with E-state index in [0.29, 0.717) is 6.10 Å². The van der Waals surface area contributed by atoms with Gasteiger partial charge in [-0.2, -0.15) is 0 Å². The van der Waals surface area contributed by atoms with Crippen molar-refractivity contribution in [2.45, 2.75) is 37.2 Å². The van der Waals surface area contributed by atoms with E-state index in [-0.39, 0.29) is 16.9 Å². The smallest absolute Gasteiger partial charge is 0.165 e. The number of hydrogen-bond acceptors (Lipinski definition) is 2. The van der Waals surface area contributed by atoms with E-state index in [4.69, 9.17) is 21.1 Å². The summed E-state index contributed by atoms with van der Waals surface area (Å²) in [6, 6.07) is 4.88. The lowest BCUT2D eigenvalue weighted by Gasteiger charge is -2.14. The van der Waals surface area contributed by atoms with E-state index in [1.165, 1.54) is 13.2 Å². The number of ether oxygens (including phenoxy) is 2. The molecule has 2 rings (SSSR count). The lowest BCUT2D eigenvalue weighted by atomic mass is 10.0. The predicted octanol–water partition coefficient (Wildman–Crippen LogP) is 4.07. The quantitative estimate of drug-likeness (QED) is 0.752. The Labute approximate surface area is 112 Å². The summed E-state index contributed by atoms with van der Waals surface area (Å²) in [7, 11) is 1.45.